The Morgan fingerprint density at radius 1 is 1.27 bits per heavy atom. The number of carbonyl (C=O) groups excluding carboxylic acids is 3. The molecule has 0 spiro atoms. The molecule has 1 saturated heterocycles. The van der Waals surface area contributed by atoms with Crippen molar-refractivity contribution in [2.75, 3.05) is 26.7 Å². The number of nitrogens with zero attached hydrogens (tertiary/aromatic N) is 2. The Balaban J connectivity index is 1.86. The lowest BCUT2D eigenvalue weighted by molar-refractivity contribution is -0.146. The second-order valence-electron chi connectivity index (χ2n) is 6.13. The van der Waals surface area contributed by atoms with E-state index in [-0.39, 0.29) is 32.0 Å². The van der Waals surface area contributed by atoms with E-state index >= 15 is 0 Å². The molecular weight excluding hydrogens is 340 g/mol. The van der Waals surface area contributed by atoms with Crippen molar-refractivity contribution >= 4 is 18.0 Å². The Hall–Kier alpha value is -2.61. The van der Waals surface area contributed by atoms with Crippen molar-refractivity contribution in [2.24, 2.45) is 0 Å². The van der Waals surface area contributed by atoms with Gasteiger partial charge in [-0.3, -0.25) is 14.5 Å². The maximum atomic E-state index is 12.5. The molecule has 1 aliphatic heterocycles. The molecular formula is C18H24N2O6. The van der Waals surface area contributed by atoms with E-state index in [1.807, 2.05) is 30.3 Å². The number of piperazine rings is 1. The molecule has 2 atom stereocenters. The Morgan fingerprint density at radius 3 is 2.62 bits per heavy atom. The average molecular weight is 364 g/mol. The molecule has 8 heteroatoms. The lowest BCUT2D eigenvalue weighted by Crippen LogP contribution is -2.58. The minimum absolute atomic E-state index is 0.0190. The fourth-order valence-corrected chi connectivity index (χ4v) is 2.76. The van der Waals surface area contributed by atoms with Crippen LogP contribution in [0.15, 0.2) is 30.3 Å². The molecule has 0 unspecified atom stereocenters. The molecule has 1 N–H and O–H groups in total. The van der Waals surface area contributed by atoms with Gasteiger partial charge in [-0.1, -0.05) is 30.3 Å². The molecule has 1 aromatic carbocycles. The summed E-state index contributed by atoms with van der Waals surface area (Å²) in [6.45, 7) is 2.34. The number of aliphatic hydroxyl groups is 1. The smallest absolute Gasteiger partial charge is 0.410 e. The second kappa shape index (κ2) is 9.19. The molecule has 1 fully saturated rings. The van der Waals surface area contributed by atoms with Crippen molar-refractivity contribution in [3.8, 4) is 0 Å². The van der Waals surface area contributed by atoms with Crippen molar-refractivity contribution in [2.45, 2.75) is 32.1 Å². The van der Waals surface area contributed by atoms with Gasteiger partial charge in [-0.25, -0.2) is 4.79 Å². The molecule has 1 heterocycles. The predicted molar refractivity (Wildman–Crippen MR) is 92.0 cm³/mol. The molecule has 0 bridgehead atoms. The number of benzene rings is 1. The fraction of sp³-hybridized carbons (Fsp3) is 0.500. The first-order chi connectivity index (χ1) is 12.4. The first kappa shape index (κ1) is 19.7. The minimum Gasteiger partial charge on any atom is -0.469 e. The zero-order valence-corrected chi connectivity index (χ0v) is 15.0. The van der Waals surface area contributed by atoms with E-state index in [0.29, 0.717) is 6.54 Å². The summed E-state index contributed by atoms with van der Waals surface area (Å²) < 4.78 is 9.77. The summed E-state index contributed by atoms with van der Waals surface area (Å²) in [7, 11) is 1.24. The molecule has 2 amide bonds. The Labute approximate surface area is 152 Å². The minimum atomic E-state index is -1.00. The normalized spacial score (nSPS) is 18.4. The van der Waals surface area contributed by atoms with Gasteiger partial charge >= 0.3 is 12.1 Å². The van der Waals surface area contributed by atoms with Crippen LogP contribution in [0.25, 0.3) is 0 Å². The van der Waals surface area contributed by atoms with Gasteiger partial charge in [0.2, 0.25) is 5.91 Å². The second-order valence-corrected chi connectivity index (χ2v) is 6.13. The SMILES string of the molecule is COC(=O)C[C@H](O)CN1CCN(C(=O)OCc2ccccc2)[C@@H](C)C1=O. The molecule has 1 aliphatic rings. The van der Waals surface area contributed by atoms with Crippen LogP contribution in [-0.2, 0) is 25.7 Å². The maximum Gasteiger partial charge on any atom is 0.410 e. The van der Waals surface area contributed by atoms with Gasteiger partial charge < -0.3 is 19.5 Å². The molecule has 1 aromatic rings. The van der Waals surface area contributed by atoms with Crippen molar-refractivity contribution in [1.82, 2.24) is 9.80 Å². The van der Waals surface area contributed by atoms with Crippen LogP contribution in [0.5, 0.6) is 0 Å². The van der Waals surface area contributed by atoms with Crippen LogP contribution < -0.4 is 0 Å². The van der Waals surface area contributed by atoms with Gasteiger partial charge in [0.1, 0.15) is 12.6 Å². The van der Waals surface area contributed by atoms with Gasteiger partial charge in [-0.2, -0.15) is 0 Å². The highest BCUT2D eigenvalue weighted by Crippen LogP contribution is 2.15. The summed E-state index contributed by atoms with van der Waals surface area (Å²) in [5.41, 5.74) is 0.865. The van der Waals surface area contributed by atoms with Crippen LogP contribution >= 0.6 is 0 Å². The number of amides is 2. The zero-order chi connectivity index (χ0) is 19.1. The average Bonchev–Trinajstić information content (AvgIpc) is 2.64. The van der Waals surface area contributed by atoms with Gasteiger partial charge in [0, 0.05) is 19.6 Å². The molecule has 0 aliphatic carbocycles. The number of β-amino-alcohol motifs (C(OH)–C–C–N with tert-alkyl or cyclic N) is 1. The highest BCUT2D eigenvalue weighted by atomic mass is 16.6. The molecule has 26 heavy (non-hydrogen) atoms. The van der Waals surface area contributed by atoms with Crippen molar-refractivity contribution in [3.63, 3.8) is 0 Å². The zero-order valence-electron chi connectivity index (χ0n) is 15.0. The number of ether oxygens (including phenoxy) is 2. The van der Waals surface area contributed by atoms with E-state index in [1.54, 1.807) is 6.92 Å². The molecule has 2 rings (SSSR count). The monoisotopic (exact) mass is 364 g/mol. The van der Waals surface area contributed by atoms with Crippen molar-refractivity contribution in [3.05, 3.63) is 35.9 Å². The number of rotatable bonds is 6. The quantitative estimate of drug-likeness (QED) is 0.750. The molecule has 0 aromatic heterocycles. The lowest BCUT2D eigenvalue weighted by atomic mass is 10.1. The summed E-state index contributed by atoms with van der Waals surface area (Å²) in [6, 6.07) is 8.59. The van der Waals surface area contributed by atoms with Crippen LogP contribution in [0.2, 0.25) is 0 Å². The first-order valence-corrected chi connectivity index (χ1v) is 8.43. The van der Waals surface area contributed by atoms with Gasteiger partial charge in [-0.15, -0.1) is 0 Å². The van der Waals surface area contributed by atoms with Gasteiger partial charge in [0.25, 0.3) is 0 Å². The van der Waals surface area contributed by atoms with E-state index in [9.17, 15) is 19.5 Å². The Kier molecular flexibility index (Phi) is 6.97. The summed E-state index contributed by atoms with van der Waals surface area (Å²) in [4.78, 5) is 38.7. The van der Waals surface area contributed by atoms with Crippen LogP contribution in [0, 0.1) is 0 Å². The van der Waals surface area contributed by atoms with Crippen LogP contribution in [0.4, 0.5) is 4.79 Å². The number of methoxy groups -OCH3 is 1. The Morgan fingerprint density at radius 2 is 1.96 bits per heavy atom. The van der Waals surface area contributed by atoms with E-state index in [0.717, 1.165) is 5.56 Å². The highest BCUT2D eigenvalue weighted by molar-refractivity contribution is 5.86. The number of hydrogen-bond acceptors (Lipinski definition) is 6. The predicted octanol–water partition coefficient (Wildman–Crippen LogP) is 0.780. The van der Waals surface area contributed by atoms with E-state index in [2.05, 4.69) is 4.74 Å². The summed E-state index contributed by atoms with van der Waals surface area (Å²) in [5, 5.41) is 9.89. The van der Waals surface area contributed by atoms with E-state index in [1.165, 1.54) is 16.9 Å². The molecule has 0 saturated carbocycles. The third-order valence-electron chi connectivity index (χ3n) is 4.25. The number of aliphatic hydroxyl groups excluding tert-OH is 1. The first-order valence-electron chi connectivity index (χ1n) is 8.43. The topological polar surface area (TPSA) is 96.4 Å². The summed E-state index contributed by atoms with van der Waals surface area (Å²) in [6.07, 6.45) is -1.74. The number of carbonyl (C=O) groups is 3. The van der Waals surface area contributed by atoms with E-state index in [4.69, 9.17) is 4.74 Å². The van der Waals surface area contributed by atoms with Gasteiger partial charge in [-0.05, 0) is 12.5 Å². The lowest BCUT2D eigenvalue weighted by Gasteiger charge is -2.39. The highest BCUT2D eigenvalue weighted by Gasteiger charge is 2.36. The largest absolute Gasteiger partial charge is 0.469 e. The van der Waals surface area contributed by atoms with Crippen LogP contribution in [0.3, 0.4) is 0 Å². The van der Waals surface area contributed by atoms with Crippen molar-refractivity contribution in [1.29, 1.82) is 0 Å². The summed E-state index contributed by atoms with van der Waals surface area (Å²) in [5.74, 6) is -0.835. The standard InChI is InChI=1S/C18H24N2O6/c1-13-17(23)19(11-15(21)10-16(22)25-2)8-9-20(13)18(24)26-12-14-6-4-3-5-7-14/h3-7,13,15,21H,8-12H2,1-2H3/t13-,15-/m0/s1. The van der Waals surface area contributed by atoms with E-state index < -0.39 is 24.2 Å². The van der Waals surface area contributed by atoms with Crippen molar-refractivity contribution < 1.29 is 29.0 Å². The third kappa shape index (κ3) is 5.19. The fourth-order valence-electron chi connectivity index (χ4n) is 2.76. The van der Waals surface area contributed by atoms with Gasteiger partial charge in [0.05, 0.1) is 19.6 Å². The van der Waals surface area contributed by atoms with Crippen LogP contribution in [0.1, 0.15) is 18.9 Å². The molecule has 0 radical (unpaired) electrons. The Bertz CT molecular complexity index is 636. The van der Waals surface area contributed by atoms with Gasteiger partial charge in [0.15, 0.2) is 0 Å². The molecule has 142 valence electrons. The van der Waals surface area contributed by atoms with Crippen LogP contribution in [-0.4, -0.2) is 71.8 Å². The number of esters is 1. The number of hydrogen-bond donors (Lipinski definition) is 1. The third-order valence-corrected chi connectivity index (χ3v) is 4.25. The summed E-state index contributed by atoms with van der Waals surface area (Å²) >= 11 is 0. The maximum absolute atomic E-state index is 12.5. The molecule has 8 nitrogen and oxygen atoms in total.